The van der Waals surface area contributed by atoms with Gasteiger partial charge in [0.1, 0.15) is 5.54 Å². The zero-order valence-electron chi connectivity index (χ0n) is 13.6. The summed E-state index contributed by atoms with van der Waals surface area (Å²) in [6.45, 7) is 11.0. The first-order chi connectivity index (χ1) is 9.48. The number of hydrogen-bond acceptors (Lipinski definition) is 5. The first-order valence-corrected chi connectivity index (χ1v) is 7.68. The molecular weight excluding hydrogens is 256 g/mol. The highest BCUT2D eigenvalue weighted by molar-refractivity contribution is 5.80. The second-order valence-electron chi connectivity index (χ2n) is 5.73. The third-order valence-corrected chi connectivity index (χ3v) is 4.29. The van der Waals surface area contributed by atoms with Gasteiger partial charge in [0.25, 0.3) is 0 Å². The van der Waals surface area contributed by atoms with Crippen LogP contribution in [0.15, 0.2) is 0 Å². The number of hydrogen-bond donors (Lipinski definition) is 1. The summed E-state index contributed by atoms with van der Waals surface area (Å²) in [5.74, 6) is -0.171. The van der Waals surface area contributed by atoms with Crippen LogP contribution in [0, 0.1) is 0 Å². The highest BCUT2D eigenvalue weighted by Gasteiger charge is 2.37. The predicted octanol–water partition coefficient (Wildman–Crippen LogP) is 1.42. The maximum Gasteiger partial charge on any atom is 0.326 e. The molecule has 118 valence electrons. The fourth-order valence-corrected chi connectivity index (χ4v) is 2.89. The molecule has 1 N–H and O–H groups in total. The number of likely N-dealkylation sites (N-methyl/N-ethyl adjacent to an activating group) is 1. The van der Waals surface area contributed by atoms with Crippen molar-refractivity contribution in [2.24, 2.45) is 0 Å². The molecule has 0 aromatic rings. The van der Waals surface area contributed by atoms with E-state index in [0.29, 0.717) is 18.7 Å². The molecule has 1 aliphatic rings. The lowest BCUT2D eigenvalue weighted by molar-refractivity contribution is -0.151. The Bertz CT molecular complexity index is 311. The maximum absolute atomic E-state index is 12.1. The SMILES string of the molecule is CCOC(=O)C(C)(CC(C)N1CCOCC1CC)NC. The van der Waals surface area contributed by atoms with Crippen LogP contribution in [-0.2, 0) is 14.3 Å². The van der Waals surface area contributed by atoms with Crippen LogP contribution in [0.5, 0.6) is 0 Å². The highest BCUT2D eigenvalue weighted by atomic mass is 16.5. The number of ether oxygens (including phenoxy) is 2. The molecule has 20 heavy (non-hydrogen) atoms. The molecule has 3 unspecified atom stereocenters. The summed E-state index contributed by atoms with van der Waals surface area (Å²) in [5, 5.41) is 3.13. The fraction of sp³-hybridized carbons (Fsp3) is 0.933. The first-order valence-electron chi connectivity index (χ1n) is 7.68. The Morgan fingerprint density at radius 2 is 2.25 bits per heavy atom. The second-order valence-corrected chi connectivity index (χ2v) is 5.73. The molecule has 1 fully saturated rings. The van der Waals surface area contributed by atoms with Crippen LogP contribution in [0.1, 0.15) is 40.5 Å². The summed E-state index contributed by atoms with van der Waals surface area (Å²) in [5.41, 5.74) is -0.633. The molecule has 0 radical (unpaired) electrons. The van der Waals surface area contributed by atoms with Crippen molar-refractivity contribution in [3.8, 4) is 0 Å². The van der Waals surface area contributed by atoms with Gasteiger partial charge in [-0.2, -0.15) is 0 Å². The minimum absolute atomic E-state index is 0.171. The third kappa shape index (κ3) is 4.17. The summed E-state index contributed by atoms with van der Waals surface area (Å²) in [6.07, 6.45) is 1.80. The van der Waals surface area contributed by atoms with Crippen molar-refractivity contribution in [3.05, 3.63) is 0 Å². The van der Waals surface area contributed by atoms with Crippen LogP contribution in [0.4, 0.5) is 0 Å². The zero-order chi connectivity index (χ0) is 15.2. The van der Waals surface area contributed by atoms with Gasteiger partial charge >= 0.3 is 5.97 Å². The van der Waals surface area contributed by atoms with Gasteiger partial charge < -0.3 is 14.8 Å². The average molecular weight is 286 g/mol. The Morgan fingerprint density at radius 1 is 1.55 bits per heavy atom. The van der Waals surface area contributed by atoms with Crippen molar-refractivity contribution in [2.45, 2.75) is 58.2 Å². The maximum atomic E-state index is 12.1. The van der Waals surface area contributed by atoms with E-state index in [-0.39, 0.29) is 5.97 Å². The molecule has 0 aliphatic carbocycles. The minimum Gasteiger partial charge on any atom is -0.465 e. The number of morpholine rings is 1. The van der Waals surface area contributed by atoms with Crippen molar-refractivity contribution >= 4 is 5.97 Å². The van der Waals surface area contributed by atoms with Crippen LogP contribution < -0.4 is 5.32 Å². The highest BCUT2D eigenvalue weighted by Crippen LogP contribution is 2.22. The van der Waals surface area contributed by atoms with Crippen molar-refractivity contribution in [3.63, 3.8) is 0 Å². The number of esters is 1. The Labute approximate surface area is 123 Å². The van der Waals surface area contributed by atoms with E-state index >= 15 is 0 Å². The Balaban J connectivity index is 2.70. The number of carbonyl (C=O) groups is 1. The number of nitrogens with one attached hydrogen (secondary N) is 1. The van der Waals surface area contributed by atoms with E-state index < -0.39 is 5.54 Å². The van der Waals surface area contributed by atoms with Crippen LogP contribution in [0.2, 0.25) is 0 Å². The van der Waals surface area contributed by atoms with E-state index in [1.807, 2.05) is 20.9 Å². The number of nitrogens with zero attached hydrogens (tertiary/aromatic N) is 1. The van der Waals surface area contributed by atoms with Gasteiger partial charge in [0.15, 0.2) is 0 Å². The van der Waals surface area contributed by atoms with Crippen LogP contribution in [0.25, 0.3) is 0 Å². The zero-order valence-corrected chi connectivity index (χ0v) is 13.6. The van der Waals surface area contributed by atoms with Crippen LogP contribution >= 0.6 is 0 Å². The van der Waals surface area contributed by atoms with Gasteiger partial charge in [0.05, 0.1) is 19.8 Å². The summed E-state index contributed by atoms with van der Waals surface area (Å²) in [4.78, 5) is 14.6. The molecule has 5 nitrogen and oxygen atoms in total. The molecule has 0 bridgehead atoms. The molecule has 3 atom stereocenters. The lowest BCUT2D eigenvalue weighted by Crippen LogP contribution is -2.56. The summed E-state index contributed by atoms with van der Waals surface area (Å²) >= 11 is 0. The topological polar surface area (TPSA) is 50.8 Å². The Hall–Kier alpha value is -0.650. The lowest BCUT2D eigenvalue weighted by Gasteiger charge is -2.42. The van der Waals surface area contributed by atoms with Crippen molar-refractivity contribution in [2.75, 3.05) is 33.4 Å². The van der Waals surface area contributed by atoms with E-state index in [0.717, 1.165) is 32.6 Å². The van der Waals surface area contributed by atoms with E-state index in [1.54, 1.807) is 0 Å². The molecule has 0 saturated carbocycles. The van der Waals surface area contributed by atoms with E-state index in [2.05, 4.69) is 24.1 Å². The standard InChI is InChI=1S/C15H30N2O3/c1-6-13-11-19-9-8-17(13)12(3)10-15(4,16-5)14(18)20-7-2/h12-13,16H,6-11H2,1-5H3. The quantitative estimate of drug-likeness (QED) is 0.717. The van der Waals surface area contributed by atoms with Gasteiger partial charge in [0, 0.05) is 18.6 Å². The Morgan fingerprint density at radius 3 is 2.80 bits per heavy atom. The first kappa shape index (κ1) is 17.4. The van der Waals surface area contributed by atoms with Crippen molar-refractivity contribution in [1.29, 1.82) is 0 Å². The smallest absolute Gasteiger partial charge is 0.326 e. The molecule has 1 aliphatic heterocycles. The van der Waals surface area contributed by atoms with Crippen molar-refractivity contribution < 1.29 is 14.3 Å². The molecule has 0 aromatic heterocycles. The molecule has 0 aromatic carbocycles. The normalized spacial score (nSPS) is 24.9. The average Bonchev–Trinajstić information content (AvgIpc) is 2.47. The van der Waals surface area contributed by atoms with Gasteiger partial charge in [-0.15, -0.1) is 0 Å². The van der Waals surface area contributed by atoms with Gasteiger partial charge in [-0.05, 0) is 40.7 Å². The van der Waals surface area contributed by atoms with Gasteiger partial charge in [-0.25, -0.2) is 0 Å². The second kappa shape index (κ2) is 7.96. The predicted molar refractivity (Wildman–Crippen MR) is 79.8 cm³/mol. The molecule has 0 spiro atoms. The van der Waals surface area contributed by atoms with Gasteiger partial charge in [0.2, 0.25) is 0 Å². The van der Waals surface area contributed by atoms with Crippen LogP contribution in [-0.4, -0.2) is 61.9 Å². The summed E-state index contributed by atoms with van der Waals surface area (Å²) < 4.78 is 10.7. The fourth-order valence-electron chi connectivity index (χ4n) is 2.89. The Kier molecular flexibility index (Phi) is 6.92. The molecule has 1 rings (SSSR count). The van der Waals surface area contributed by atoms with Gasteiger partial charge in [-0.3, -0.25) is 9.69 Å². The van der Waals surface area contributed by atoms with E-state index in [4.69, 9.17) is 9.47 Å². The largest absolute Gasteiger partial charge is 0.465 e. The third-order valence-electron chi connectivity index (χ3n) is 4.29. The van der Waals surface area contributed by atoms with Gasteiger partial charge in [-0.1, -0.05) is 6.92 Å². The molecule has 1 saturated heterocycles. The van der Waals surface area contributed by atoms with Crippen LogP contribution in [0.3, 0.4) is 0 Å². The molecular formula is C15H30N2O3. The summed E-state index contributed by atoms with van der Waals surface area (Å²) in [6, 6.07) is 0.757. The lowest BCUT2D eigenvalue weighted by atomic mass is 9.92. The molecule has 1 heterocycles. The number of carbonyl (C=O) groups excluding carboxylic acids is 1. The molecule has 0 amide bonds. The van der Waals surface area contributed by atoms with Crippen molar-refractivity contribution in [1.82, 2.24) is 10.2 Å². The summed E-state index contributed by atoms with van der Waals surface area (Å²) in [7, 11) is 1.82. The van der Waals surface area contributed by atoms with E-state index in [9.17, 15) is 4.79 Å². The molecule has 5 heteroatoms. The monoisotopic (exact) mass is 286 g/mol. The van der Waals surface area contributed by atoms with E-state index in [1.165, 1.54) is 0 Å². The number of rotatable bonds is 7. The minimum atomic E-state index is -0.633.